The zero-order valence-electron chi connectivity index (χ0n) is 12.8. The van der Waals surface area contributed by atoms with E-state index in [4.69, 9.17) is 0 Å². The number of nitrogens with zero attached hydrogens (tertiary/aromatic N) is 1. The summed E-state index contributed by atoms with van der Waals surface area (Å²) in [5, 5.41) is 3.83. The monoisotopic (exact) mass is 272 g/mol. The Morgan fingerprint density at radius 3 is 2.65 bits per heavy atom. The van der Waals surface area contributed by atoms with Crippen molar-refractivity contribution in [3.63, 3.8) is 0 Å². The maximum atomic E-state index is 3.83. The van der Waals surface area contributed by atoms with E-state index in [2.05, 4.69) is 41.4 Å². The third-order valence-electron chi connectivity index (χ3n) is 5.10. The number of aryl methyl sites for hydroxylation is 1. The van der Waals surface area contributed by atoms with Crippen LogP contribution in [0.1, 0.15) is 44.1 Å². The van der Waals surface area contributed by atoms with E-state index in [1.807, 2.05) is 0 Å². The molecule has 1 aromatic carbocycles. The Bertz CT molecular complexity index is 423. The summed E-state index contributed by atoms with van der Waals surface area (Å²) in [5.74, 6) is 0.897. The molecule has 1 atom stereocenters. The summed E-state index contributed by atoms with van der Waals surface area (Å²) in [4.78, 5) is 2.62. The van der Waals surface area contributed by atoms with E-state index >= 15 is 0 Å². The van der Waals surface area contributed by atoms with Gasteiger partial charge in [-0.25, -0.2) is 0 Å². The van der Waals surface area contributed by atoms with Crippen LogP contribution in [0.5, 0.6) is 0 Å². The van der Waals surface area contributed by atoms with Gasteiger partial charge >= 0.3 is 0 Å². The minimum absolute atomic E-state index is 0.692. The van der Waals surface area contributed by atoms with Gasteiger partial charge in [-0.2, -0.15) is 0 Å². The van der Waals surface area contributed by atoms with Gasteiger partial charge in [0.05, 0.1) is 0 Å². The first-order valence-corrected chi connectivity index (χ1v) is 8.38. The van der Waals surface area contributed by atoms with E-state index in [1.54, 1.807) is 0 Å². The molecular formula is C18H28N2. The third-order valence-corrected chi connectivity index (χ3v) is 5.10. The molecule has 2 fully saturated rings. The topological polar surface area (TPSA) is 15.3 Å². The van der Waals surface area contributed by atoms with Crippen molar-refractivity contribution in [3.05, 3.63) is 29.8 Å². The minimum Gasteiger partial charge on any atom is -0.370 e. The molecule has 3 rings (SSSR count). The summed E-state index contributed by atoms with van der Waals surface area (Å²) in [7, 11) is 0. The lowest BCUT2D eigenvalue weighted by Gasteiger charge is -2.34. The van der Waals surface area contributed by atoms with Crippen molar-refractivity contribution in [2.24, 2.45) is 5.92 Å². The van der Waals surface area contributed by atoms with E-state index in [-0.39, 0.29) is 0 Å². The Morgan fingerprint density at radius 2 is 1.85 bits per heavy atom. The second-order valence-corrected chi connectivity index (χ2v) is 6.54. The lowest BCUT2D eigenvalue weighted by atomic mass is 9.83. The second-order valence-electron chi connectivity index (χ2n) is 6.54. The number of rotatable bonds is 2. The normalized spacial score (nSPS) is 25.4. The fourth-order valence-electron chi connectivity index (χ4n) is 3.94. The predicted molar refractivity (Wildman–Crippen MR) is 86.4 cm³/mol. The fourth-order valence-corrected chi connectivity index (χ4v) is 3.94. The smallest absolute Gasteiger partial charge is 0.0396 e. The van der Waals surface area contributed by atoms with Crippen LogP contribution in [0.25, 0.3) is 0 Å². The molecule has 1 aliphatic carbocycles. The van der Waals surface area contributed by atoms with Crippen LogP contribution in [0.15, 0.2) is 24.3 Å². The summed E-state index contributed by atoms with van der Waals surface area (Å²) >= 11 is 0. The zero-order valence-corrected chi connectivity index (χ0v) is 12.8. The zero-order chi connectivity index (χ0) is 13.8. The standard InChI is InChI=1S/C18H28N2/c1-15-8-5-6-11-18(15)20-13-7-12-19-17(14-20)16-9-3-2-4-10-16/h5-6,8,11,16-17,19H,2-4,7,9-10,12-14H2,1H3. The van der Waals surface area contributed by atoms with Crippen molar-refractivity contribution >= 4 is 5.69 Å². The quantitative estimate of drug-likeness (QED) is 0.882. The Balaban J connectivity index is 1.73. The molecule has 20 heavy (non-hydrogen) atoms. The third kappa shape index (κ3) is 3.17. The van der Waals surface area contributed by atoms with E-state index in [9.17, 15) is 0 Å². The van der Waals surface area contributed by atoms with Crippen LogP contribution in [-0.4, -0.2) is 25.7 Å². The lowest BCUT2D eigenvalue weighted by Crippen LogP contribution is -2.43. The van der Waals surface area contributed by atoms with Crippen LogP contribution >= 0.6 is 0 Å². The van der Waals surface area contributed by atoms with Gasteiger partial charge in [0.2, 0.25) is 0 Å². The molecule has 0 bridgehead atoms. The number of hydrogen-bond acceptors (Lipinski definition) is 2. The van der Waals surface area contributed by atoms with E-state index < -0.39 is 0 Å². The summed E-state index contributed by atoms with van der Waals surface area (Å²) in [5.41, 5.74) is 2.86. The van der Waals surface area contributed by atoms with Gasteiger partial charge < -0.3 is 10.2 Å². The van der Waals surface area contributed by atoms with Gasteiger partial charge in [0.15, 0.2) is 0 Å². The molecular weight excluding hydrogens is 244 g/mol. The summed E-state index contributed by atoms with van der Waals surface area (Å²) in [6, 6.07) is 9.54. The number of para-hydroxylation sites is 1. The highest BCUT2D eigenvalue weighted by atomic mass is 15.2. The van der Waals surface area contributed by atoms with E-state index in [0.717, 1.165) is 5.92 Å². The highest BCUT2D eigenvalue weighted by Gasteiger charge is 2.27. The van der Waals surface area contributed by atoms with Crippen LogP contribution in [0.3, 0.4) is 0 Å². The lowest BCUT2D eigenvalue weighted by molar-refractivity contribution is 0.277. The van der Waals surface area contributed by atoms with Crippen LogP contribution in [-0.2, 0) is 0 Å². The van der Waals surface area contributed by atoms with Gasteiger partial charge in [-0.15, -0.1) is 0 Å². The Morgan fingerprint density at radius 1 is 1.05 bits per heavy atom. The van der Waals surface area contributed by atoms with Crippen LogP contribution < -0.4 is 10.2 Å². The van der Waals surface area contributed by atoms with Gasteiger partial charge in [-0.1, -0.05) is 37.5 Å². The minimum atomic E-state index is 0.692. The molecule has 1 aromatic rings. The number of benzene rings is 1. The van der Waals surface area contributed by atoms with Crippen molar-refractivity contribution in [3.8, 4) is 0 Å². The van der Waals surface area contributed by atoms with Crippen LogP contribution in [0.4, 0.5) is 5.69 Å². The molecule has 110 valence electrons. The van der Waals surface area contributed by atoms with Crippen molar-refractivity contribution in [1.82, 2.24) is 5.32 Å². The summed E-state index contributed by atoms with van der Waals surface area (Å²) < 4.78 is 0. The average molecular weight is 272 g/mol. The van der Waals surface area contributed by atoms with Gasteiger partial charge in [-0.05, 0) is 50.3 Å². The summed E-state index contributed by atoms with van der Waals surface area (Å²) in [6.45, 7) is 5.81. The molecule has 0 spiro atoms. The largest absolute Gasteiger partial charge is 0.370 e. The van der Waals surface area contributed by atoms with Gasteiger partial charge in [0.1, 0.15) is 0 Å². The van der Waals surface area contributed by atoms with Crippen molar-refractivity contribution in [2.45, 2.75) is 51.5 Å². The van der Waals surface area contributed by atoms with E-state index in [0.29, 0.717) is 6.04 Å². The molecule has 1 heterocycles. The van der Waals surface area contributed by atoms with Crippen molar-refractivity contribution in [2.75, 3.05) is 24.5 Å². The number of nitrogens with one attached hydrogen (secondary N) is 1. The van der Waals surface area contributed by atoms with Crippen molar-refractivity contribution in [1.29, 1.82) is 0 Å². The molecule has 2 aliphatic rings. The first-order valence-electron chi connectivity index (χ1n) is 8.38. The molecule has 0 aromatic heterocycles. The highest BCUT2D eigenvalue weighted by molar-refractivity contribution is 5.53. The molecule has 0 amide bonds. The number of hydrogen-bond donors (Lipinski definition) is 1. The van der Waals surface area contributed by atoms with Crippen LogP contribution in [0, 0.1) is 12.8 Å². The maximum absolute atomic E-state index is 3.83. The van der Waals surface area contributed by atoms with Gasteiger partial charge in [-0.3, -0.25) is 0 Å². The Labute approximate surface area is 123 Å². The fraction of sp³-hybridized carbons (Fsp3) is 0.667. The average Bonchev–Trinajstić information content (AvgIpc) is 2.75. The Kier molecular flexibility index (Phi) is 4.62. The molecule has 1 aliphatic heterocycles. The molecule has 1 unspecified atom stereocenters. The number of anilines is 1. The summed E-state index contributed by atoms with van der Waals surface area (Å²) in [6.07, 6.45) is 8.45. The SMILES string of the molecule is Cc1ccccc1N1CCCNC(C2CCCCC2)C1. The molecule has 1 saturated carbocycles. The van der Waals surface area contributed by atoms with E-state index in [1.165, 1.54) is 69.4 Å². The maximum Gasteiger partial charge on any atom is 0.0396 e. The van der Waals surface area contributed by atoms with Crippen LogP contribution in [0.2, 0.25) is 0 Å². The molecule has 2 nitrogen and oxygen atoms in total. The molecule has 1 saturated heterocycles. The second kappa shape index (κ2) is 6.62. The molecule has 0 radical (unpaired) electrons. The first kappa shape index (κ1) is 13.9. The van der Waals surface area contributed by atoms with Gasteiger partial charge in [0, 0.05) is 24.8 Å². The predicted octanol–water partition coefficient (Wildman–Crippen LogP) is 3.74. The first-order chi connectivity index (χ1) is 9.84. The molecule has 2 heteroatoms. The highest BCUT2D eigenvalue weighted by Crippen LogP contribution is 2.29. The Hall–Kier alpha value is -1.02. The van der Waals surface area contributed by atoms with Crippen molar-refractivity contribution < 1.29 is 0 Å². The van der Waals surface area contributed by atoms with Gasteiger partial charge in [0.25, 0.3) is 0 Å². The molecule has 1 N–H and O–H groups in total.